The van der Waals surface area contributed by atoms with Crippen LogP contribution in [0.5, 0.6) is 0 Å². The van der Waals surface area contributed by atoms with E-state index < -0.39 is 0 Å². The van der Waals surface area contributed by atoms with E-state index in [9.17, 15) is 0 Å². The third kappa shape index (κ3) is 4.96. The average Bonchev–Trinajstić information content (AvgIpc) is 2.27. The van der Waals surface area contributed by atoms with Crippen molar-refractivity contribution < 1.29 is 9.84 Å². The van der Waals surface area contributed by atoms with Crippen molar-refractivity contribution in [3.05, 3.63) is 35.9 Å². The van der Waals surface area contributed by atoms with Gasteiger partial charge < -0.3 is 9.84 Å². The molecule has 1 rings (SSSR count). The van der Waals surface area contributed by atoms with E-state index in [-0.39, 0.29) is 12.7 Å². The lowest BCUT2D eigenvalue weighted by Crippen LogP contribution is -2.14. The molecule has 0 radical (unpaired) electrons. The molecule has 0 saturated heterocycles. The van der Waals surface area contributed by atoms with E-state index in [0.29, 0.717) is 12.5 Å². The van der Waals surface area contributed by atoms with Crippen molar-refractivity contribution in [1.82, 2.24) is 0 Å². The second-order valence-corrected chi connectivity index (χ2v) is 4.13. The number of benzene rings is 1. The smallest absolute Gasteiger partial charge is 0.0720 e. The number of aliphatic hydroxyl groups is 1. The Kier molecular flexibility index (Phi) is 5.37. The highest BCUT2D eigenvalue weighted by Crippen LogP contribution is 2.10. The quantitative estimate of drug-likeness (QED) is 0.778. The molecule has 0 spiro atoms. The molecule has 84 valence electrons. The van der Waals surface area contributed by atoms with Gasteiger partial charge >= 0.3 is 0 Å². The van der Waals surface area contributed by atoms with Crippen molar-refractivity contribution in [2.24, 2.45) is 5.92 Å². The zero-order valence-corrected chi connectivity index (χ0v) is 9.52. The maximum Gasteiger partial charge on any atom is 0.0720 e. The first-order valence-electron chi connectivity index (χ1n) is 5.48. The van der Waals surface area contributed by atoms with E-state index in [4.69, 9.17) is 9.84 Å². The topological polar surface area (TPSA) is 29.5 Å². The summed E-state index contributed by atoms with van der Waals surface area (Å²) in [6, 6.07) is 10.1. The molecule has 2 heteroatoms. The van der Waals surface area contributed by atoms with Crippen LogP contribution in [0.3, 0.4) is 0 Å². The van der Waals surface area contributed by atoms with E-state index in [1.807, 2.05) is 25.1 Å². The zero-order valence-electron chi connectivity index (χ0n) is 9.52. The SMILES string of the molecule is CC(C[C@@H](C)CO)OCc1ccccc1. The van der Waals surface area contributed by atoms with Gasteiger partial charge in [0.15, 0.2) is 0 Å². The van der Waals surface area contributed by atoms with Crippen molar-refractivity contribution in [2.75, 3.05) is 6.61 Å². The molecule has 1 unspecified atom stereocenters. The van der Waals surface area contributed by atoms with Gasteiger partial charge in [-0.1, -0.05) is 37.3 Å². The van der Waals surface area contributed by atoms with Gasteiger partial charge in [-0.15, -0.1) is 0 Å². The van der Waals surface area contributed by atoms with Gasteiger partial charge in [-0.05, 0) is 24.8 Å². The first kappa shape index (κ1) is 12.2. The van der Waals surface area contributed by atoms with E-state index in [0.717, 1.165) is 6.42 Å². The van der Waals surface area contributed by atoms with E-state index >= 15 is 0 Å². The molecule has 15 heavy (non-hydrogen) atoms. The summed E-state index contributed by atoms with van der Waals surface area (Å²) in [5.41, 5.74) is 1.20. The molecule has 2 atom stereocenters. The van der Waals surface area contributed by atoms with Crippen LogP contribution in [0.1, 0.15) is 25.8 Å². The van der Waals surface area contributed by atoms with Crippen molar-refractivity contribution in [3.63, 3.8) is 0 Å². The highest BCUT2D eigenvalue weighted by molar-refractivity contribution is 5.13. The van der Waals surface area contributed by atoms with Crippen LogP contribution < -0.4 is 0 Å². The Morgan fingerprint density at radius 1 is 1.20 bits per heavy atom. The summed E-state index contributed by atoms with van der Waals surface area (Å²) in [7, 11) is 0. The molecule has 0 fully saturated rings. The van der Waals surface area contributed by atoms with E-state index in [1.54, 1.807) is 0 Å². The molecule has 0 saturated carbocycles. The fraction of sp³-hybridized carbons (Fsp3) is 0.538. The Balaban J connectivity index is 2.25. The van der Waals surface area contributed by atoms with Gasteiger partial charge in [-0.25, -0.2) is 0 Å². The van der Waals surface area contributed by atoms with Crippen molar-refractivity contribution in [1.29, 1.82) is 0 Å². The summed E-state index contributed by atoms with van der Waals surface area (Å²) in [4.78, 5) is 0. The predicted molar refractivity (Wildman–Crippen MR) is 61.6 cm³/mol. The molecule has 0 bridgehead atoms. The third-order valence-electron chi connectivity index (χ3n) is 2.42. The zero-order chi connectivity index (χ0) is 11.1. The lowest BCUT2D eigenvalue weighted by molar-refractivity contribution is 0.0317. The van der Waals surface area contributed by atoms with Crippen molar-refractivity contribution >= 4 is 0 Å². The minimum Gasteiger partial charge on any atom is -0.396 e. The summed E-state index contributed by atoms with van der Waals surface area (Å²) in [5.74, 6) is 0.316. The Morgan fingerprint density at radius 2 is 1.87 bits per heavy atom. The Bertz CT molecular complexity index is 258. The highest BCUT2D eigenvalue weighted by atomic mass is 16.5. The standard InChI is InChI=1S/C13H20O2/c1-11(9-14)8-12(2)15-10-13-6-4-3-5-7-13/h3-7,11-12,14H,8-10H2,1-2H3/t11-,12?/m1/s1. The second kappa shape index (κ2) is 6.59. The molecule has 2 nitrogen and oxygen atoms in total. The molecule has 0 aromatic heterocycles. The minimum atomic E-state index is 0.201. The molecule has 0 heterocycles. The van der Waals surface area contributed by atoms with Crippen LogP contribution in [0.2, 0.25) is 0 Å². The van der Waals surface area contributed by atoms with Crippen molar-refractivity contribution in [3.8, 4) is 0 Å². The van der Waals surface area contributed by atoms with Gasteiger partial charge in [0.05, 0.1) is 12.7 Å². The molecule has 1 aromatic rings. The molecular formula is C13H20O2. The Hall–Kier alpha value is -0.860. The van der Waals surface area contributed by atoms with Crippen LogP contribution in [0.15, 0.2) is 30.3 Å². The van der Waals surface area contributed by atoms with Crippen LogP contribution in [0.25, 0.3) is 0 Å². The predicted octanol–water partition coefficient (Wildman–Crippen LogP) is 2.61. The van der Waals surface area contributed by atoms with E-state index in [1.165, 1.54) is 5.56 Å². The van der Waals surface area contributed by atoms with Crippen LogP contribution in [-0.2, 0) is 11.3 Å². The molecule has 1 N–H and O–H groups in total. The average molecular weight is 208 g/mol. The van der Waals surface area contributed by atoms with Crippen LogP contribution in [-0.4, -0.2) is 17.8 Å². The van der Waals surface area contributed by atoms with Crippen molar-refractivity contribution in [2.45, 2.75) is 33.0 Å². The monoisotopic (exact) mass is 208 g/mol. The summed E-state index contributed by atoms with van der Waals surface area (Å²) in [6.07, 6.45) is 1.11. The van der Waals surface area contributed by atoms with Crippen LogP contribution >= 0.6 is 0 Å². The number of aliphatic hydroxyl groups excluding tert-OH is 1. The first-order chi connectivity index (χ1) is 7.22. The molecule has 0 aliphatic rings. The van der Waals surface area contributed by atoms with Gasteiger partial charge in [-0.3, -0.25) is 0 Å². The normalized spacial score (nSPS) is 14.9. The lowest BCUT2D eigenvalue weighted by Gasteiger charge is -2.16. The van der Waals surface area contributed by atoms with Gasteiger partial charge in [0, 0.05) is 6.61 Å². The first-order valence-corrected chi connectivity index (χ1v) is 5.48. The Morgan fingerprint density at radius 3 is 2.47 bits per heavy atom. The maximum absolute atomic E-state index is 8.91. The van der Waals surface area contributed by atoms with Gasteiger partial charge in [0.1, 0.15) is 0 Å². The fourth-order valence-electron chi connectivity index (χ4n) is 1.52. The minimum absolute atomic E-state index is 0.201. The van der Waals surface area contributed by atoms with Gasteiger partial charge in [0.2, 0.25) is 0 Å². The number of hydrogen-bond donors (Lipinski definition) is 1. The summed E-state index contributed by atoms with van der Waals surface area (Å²) >= 11 is 0. The molecule has 0 aliphatic carbocycles. The summed E-state index contributed by atoms with van der Waals surface area (Å²) in [5, 5.41) is 8.91. The third-order valence-corrected chi connectivity index (χ3v) is 2.42. The highest BCUT2D eigenvalue weighted by Gasteiger charge is 2.07. The summed E-state index contributed by atoms with van der Waals surface area (Å²) in [6.45, 7) is 4.97. The van der Waals surface area contributed by atoms with Crippen LogP contribution in [0, 0.1) is 5.92 Å². The molecule has 0 aliphatic heterocycles. The second-order valence-electron chi connectivity index (χ2n) is 4.13. The molecule has 1 aromatic carbocycles. The number of rotatable bonds is 6. The van der Waals surface area contributed by atoms with Crippen LogP contribution in [0.4, 0.5) is 0 Å². The van der Waals surface area contributed by atoms with Gasteiger partial charge in [0.25, 0.3) is 0 Å². The molecule has 0 amide bonds. The summed E-state index contributed by atoms with van der Waals surface area (Å²) < 4.78 is 5.69. The number of hydrogen-bond acceptors (Lipinski definition) is 2. The number of ether oxygens (including phenoxy) is 1. The van der Waals surface area contributed by atoms with Gasteiger partial charge in [-0.2, -0.15) is 0 Å². The lowest BCUT2D eigenvalue weighted by atomic mass is 10.1. The molecular weight excluding hydrogens is 188 g/mol. The maximum atomic E-state index is 8.91. The van der Waals surface area contributed by atoms with E-state index in [2.05, 4.69) is 19.1 Å². The largest absolute Gasteiger partial charge is 0.396 e. The fourth-order valence-corrected chi connectivity index (χ4v) is 1.52. The Labute approximate surface area is 91.9 Å².